The number of benzene rings is 2. The van der Waals surface area contributed by atoms with Crippen molar-refractivity contribution in [2.45, 2.75) is 25.1 Å². The quantitative estimate of drug-likeness (QED) is 0.665. The molecule has 0 saturated carbocycles. The molecule has 0 aromatic heterocycles. The number of primary amides is 1. The summed E-state index contributed by atoms with van der Waals surface area (Å²) in [6.45, 7) is 1.93. The van der Waals surface area contributed by atoms with E-state index in [9.17, 15) is 14.7 Å². The van der Waals surface area contributed by atoms with Crippen molar-refractivity contribution in [2.24, 2.45) is 5.73 Å². The number of aliphatic hydroxyl groups is 1. The lowest BCUT2D eigenvalue weighted by Crippen LogP contribution is -2.39. The Morgan fingerprint density at radius 3 is 2.16 bits per heavy atom. The van der Waals surface area contributed by atoms with Crippen molar-refractivity contribution in [3.63, 3.8) is 0 Å². The van der Waals surface area contributed by atoms with E-state index in [1.165, 1.54) is 7.11 Å². The number of nitrogens with one attached hydrogen (secondary N) is 1. The van der Waals surface area contributed by atoms with Gasteiger partial charge in [-0.3, -0.25) is 4.79 Å². The molecular weight excluding hydrogens is 320 g/mol. The number of hydrogen-bond donors (Lipinski definition) is 3. The van der Waals surface area contributed by atoms with Gasteiger partial charge in [-0.05, 0) is 30.2 Å². The van der Waals surface area contributed by atoms with Gasteiger partial charge in [-0.25, -0.2) is 4.79 Å². The van der Waals surface area contributed by atoms with Crippen molar-refractivity contribution >= 4 is 11.9 Å². The molecule has 0 aliphatic rings. The molecule has 0 spiro atoms. The van der Waals surface area contributed by atoms with Crippen LogP contribution in [-0.2, 0) is 9.53 Å². The minimum absolute atomic E-state index is 0.124. The van der Waals surface area contributed by atoms with Crippen molar-refractivity contribution in [3.05, 3.63) is 71.3 Å². The largest absolute Gasteiger partial charge is 0.467 e. The monoisotopic (exact) mass is 342 g/mol. The minimum Gasteiger partial charge on any atom is -0.467 e. The Kier molecular flexibility index (Phi) is 6.27. The van der Waals surface area contributed by atoms with Crippen molar-refractivity contribution in [2.75, 3.05) is 7.11 Å². The van der Waals surface area contributed by atoms with E-state index in [1.807, 2.05) is 37.3 Å². The van der Waals surface area contributed by atoms with Crippen LogP contribution in [-0.4, -0.2) is 30.2 Å². The zero-order valence-electron chi connectivity index (χ0n) is 14.2. The molecule has 25 heavy (non-hydrogen) atoms. The van der Waals surface area contributed by atoms with Crippen molar-refractivity contribution in [1.82, 2.24) is 5.32 Å². The van der Waals surface area contributed by atoms with Crippen LogP contribution in [0.15, 0.2) is 54.6 Å². The van der Waals surface area contributed by atoms with Gasteiger partial charge < -0.3 is 20.9 Å². The Hall–Kier alpha value is -2.70. The van der Waals surface area contributed by atoms with E-state index in [0.717, 1.165) is 5.56 Å². The van der Waals surface area contributed by atoms with E-state index >= 15 is 0 Å². The predicted molar refractivity (Wildman–Crippen MR) is 93.7 cm³/mol. The topological polar surface area (TPSA) is 102 Å². The zero-order chi connectivity index (χ0) is 18.4. The molecule has 2 aromatic rings. The first-order chi connectivity index (χ1) is 11.9. The molecule has 6 nitrogen and oxygen atoms in total. The van der Waals surface area contributed by atoms with Crippen LogP contribution >= 0.6 is 0 Å². The van der Waals surface area contributed by atoms with Crippen LogP contribution in [0.2, 0.25) is 0 Å². The normalized spacial score (nSPS) is 14.4. The summed E-state index contributed by atoms with van der Waals surface area (Å²) in [6, 6.07) is 15.3. The number of nitrogens with two attached hydrogens (primary N) is 1. The maximum Gasteiger partial charge on any atom is 0.336 e. The molecule has 0 bridgehead atoms. The fourth-order valence-corrected chi connectivity index (χ4v) is 2.59. The molecular formula is C19H22N2O4. The number of ether oxygens (including phenoxy) is 1. The van der Waals surface area contributed by atoms with Gasteiger partial charge in [0.1, 0.15) is 0 Å². The number of carbonyl (C=O) groups excluding carboxylic acids is 2. The zero-order valence-corrected chi connectivity index (χ0v) is 14.2. The van der Waals surface area contributed by atoms with E-state index in [0.29, 0.717) is 11.1 Å². The number of carbonyl (C=O) groups is 2. The number of aliphatic hydroxyl groups excluding tert-OH is 1. The number of methoxy groups -OCH3 is 1. The van der Waals surface area contributed by atoms with E-state index in [-0.39, 0.29) is 6.04 Å². The molecule has 0 unspecified atom stereocenters. The molecule has 0 aliphatic carbocycles. The second kappa shape index (κ2) is 8.41. The van der Waals surface area contributed by atoms with Gasteiger partial charge in [0.25, 0.3) is 0 Å². The summed E-state index contributed by atoms with van der Waals surface area (Å²) in [5, 5.41) is 13.6. The maximum atomic E-state index is 11.8. The van der Waals surface area contributed by atoms with Crippen LogP contribution in [0.4, 0.5) is 0 Å². The molecule has 3 atom stereocenters. The van der Waals surface area contributed by atoms with Gasteiger partial charge in [-0.2, -0.15) is 0 Å². The van der Waals surface area contributed by atoms with Crippen LogP contribution in [0.5, 0.6) is 0 Å². The lowest BCUT2D eigenvalue weighted by atomic mass is 9.97. The highest BCUT2D eigenvalue weighted by molar-refractivity contribution is 5.92. The molecule has 0 aliphatic heterocycles. The Bertz CT molecular complexity index is 716. The first-order valence-corrected chi connectivity index (χ1v) is 7.90. The molecule has 1 amide bonds. The number of esters is 1. The Balaban J connectivity index is 2.29. The summed E-state index contributed by atoms with van der Waals surface area (Å²) in [5.41, 5.74) is 7.26. The van der Waals surface area contributed by atoms with Gasteiger partial charge in [-0.15, -0.1) is 0 Å². The van der Waals surface area contributed by atoms with Gasteiger partial charge in [0.15, 0.2) is 6.10 Å². The molecule has 2 rings (SSSR count). The summed E-state index contributed by atoms with van der Waals surface area (Å²) >= 11 is 0. The predicted octanol–water partition coefficient (Wildman–Crippen LogP) is 1.71. The molecule has 6 heteroatoms. The third-order valence-electron chi connectivity index (χ3n) is 4.04. The molecule has 0 saturated heterocycles. The Morgan fingerprint density at radius 2 is 1.64 bits per heavy atom. The summed E-state index contributed by atoms with van der Waals surface area (Å²) in [5.74, 6) is -1.28. The van der Waals surface area contributed by atoms with Gasteiger partial charge in [-0.1, -0.05) is 42.5 Å². The number of rotatable bonds is 7. The Labute approximate surface area is 146 Å². The second-order valence-electron chi connectivity index (χ2n) is 5.73. The molecule has 0 fully saturated rings. The van der Waals surface area contributed by atoms with Gasteiger partial charge >= 0.3 is 5.97 Å². The third kappa shape index (κ3) is 4.65. The summed E-state index contributed by atoms with van der Waals surface area (Å²) < 4.78 is 4.66. The average molecular weight is 342 g/mol. The van der Waals surface area contributed by atoms with Crippen molar-refractivity contribution in [3.8, 4) is 0 Å². The third-order valence-corrected chi connectivity index (χ3v) is 4.04. The number of amides is 1. The van der Waals surface area contributed by atoms with E-state index in [1.54, 1.807) is 24.3 Å². The van der Waals surface area contributed by atoms with Crippen molar-refractivity contribution < 1.29 is 19.4 Å². The van der Waals surface area contributed by atoms with Crippen molar-refractivity contribution in [1.29, 1.82) is 0 Å². The lowest BCUT2D eigenvalue weighted by molar-refractivity contribution is -0.152. The second-order valence-corrected chi connectivity index (χ2v) is 5.73. The van der Waals surface area contributed by atoms with Crippen LogP contribution in [0, 0.1) is 0 Å². The molecule has 0 radical (unpaired) electrons. The van der Waals surface area contributed by atoms with Gasteiger partial charge in [0.2, 0.25) is 5.91 Å². The lowest BCUT2D eigenvalue weighted by Gasteiger charge is -2.27. The maximum absolute atomic E-state index is 11.8. The molecule has 4 N–H and O–H groups in total. The van der Waals surface area contributed by atoms with Gasteiger partial charge in [0, 0.05) is 11.6 Å². The smallest absolute Gasteiger partial charge is 0.336 e. The first-order valence-electron chi connectivity index (χ1n) is 7.90. The highest BCUT2D eigenvalue weighted by atomic mass is 16.5. The Morgan fingerprint density at radius 1 is 1.04 bits per heavy atom. The van der Waals surface area contributed by atoms with E-state index in [2.05, 4.69) is 10.1 Å². The first kappa shape index (κ1) is 18.6. The fourth-order valence-electron chi connectivity index (χ4n) is 2.59. The highest BCUT2D eigenvalue weighted by Crippen LogP contribution is 2.23. The van der Waals surface area contributed by atoms with Crippen LogP contribution in [0.3, 0.4) is 0 Å². The average Bonchev–Trinajstić information content (AvgIpc) is 2.65. The summed E-state index contributed by atoms with van der Waals surface area (Å²) in [6.07, 6.45) is -1.39. The SMILES string of the molecule is COC(=O)[C@H](O)[C@@H](N[C@@H](C)c1ccccc1)c1ccc(C(N)=O)cc1. The van der Waals surface area contributed by atoms with Crippen LogP contribution < -0.4 is 11.1 Å². The van der Waals surface area contributed by atoms with Crippen LogP contribution in [0.1, 0.15) is 40.5 Å². The standard InChI is InChI=1S/C19H22N2O4/c1-12(13-6-4-3-5-7-13)21-16(17(22)19(24)25-2)14-8-10-15(11-9-14)18(20)23/h3-12,16-17,21-22H,1-2H3,(H2,20,23)/t12-,16-,17+/m0/s1. The summed E-state index contributed by atoms with van der Waals surface area (Å²) in [7, 11) is 1.22. The van der Waals surface area contributed by atoms with Crippen LogP contribution in [0.25, 0.3) is 0 Å². The molecule has 2 aromatic carbocycles. The van der Waals surface area contributed by atoms with Gasteiger partial charge in [0.05, 0.1) is 13.2 Å². The molecule has 0 heterocycles. The molecule has 132 valence electrons. The summed E-state index contributed by atoms with van der Waals surface area (Å²) in [4.78, 5) is 23.0. The highest BCUT2D eigenvalue weighted by Gasteiger charge is 2.29. The minimum atomic E-state index is -1.39. The fraction of sp³-hybridized carbons (Fsp3) is 0.263. The number of hydrogen-bond acceptors (Lipinski definition) is 5. The van der Waals surface area contributed by atoms with E-state index < -0.39 is 24.0 Å². The van der Waals surface area contributed by atoms with E-state index in [4.69, 9.17) is 5.73 Å².